The maximum absolute atomic E-state index is 12.2. The summed E-state index contributed by atoms with van der Waals surface area (Å²) in [6.07, 6.45) is 1.96. The van der Waals surface area contributed by atoms with Crippen LogP contribution >= 0.6 is 34.9 Å². The van der Waals surface area contributed by atoms with Gasteiger partial charge in [-0.2, -0.15) is 0 Å². The van der Waals surface area contributed by atoms with Crippen LogP contribution in [0, 0.1) is 0 Å². The Labute approximate surface area is 142 Å². The van der Waals surface area contributed by atoms with Gasteiger partial charge in [0, 0.05) is 13.6 Å². The smallest absolute Gasteiger partial charge is 0.233 e. The highest BCUT2D eigenvalue weighted by atomic mass is 32.2. The average Bonchev–Trinajstić information content (AvgIpc) is 3.00. The van der Waals surface area contributed by atoms with E-state index < -0.39 is 0 Å². The number of nitrogens with zero attached hydrogens (tertiary/aromatic N) is 3. The first kappa shape index (κ1) is 17.1. The number of benzene rings is 1. The molecule has 0 bridgehead atoms. The van der Waals surface area contributed by atoms with Crippen LogP contribution in [0.4, 0.5) is 0 Å². The molecule has 2 rings (SSSR count). The SMILES string of the molecule is COc1cccc(CN(C)C(=O)CSc2nnc(SC)s2)c1. The molecule has 0 saturated heterocycles. The topological polar surface area (TPSA) is 55.3 Å². The van der Waals surface area contributed by atoms with Gasteiger partial charge in [-0.25, -0.2) is 0 Å². The normalized spacial score (nSPS) is 10.5. The Balaban J connectivity index is 1.86. The van der Waals surface area contributed by atoms with Gasteiger partial charge < -0.3 is 9.64 Å². The molecule has 0 spiro atoms. The molecule has 2 aromatic rings. The van der Waals surface area contributed by atoms with Gasteiger partial charge in [-0.1, -0.05) is 47.0 Å². The predicted molar refractivity (Wildman–Crippen MR) is 91.9 cm³/mol. The van der Waals surface area contributed by atoms with Gasteiger partial charge in [0.05, 0.1) is 12.9 Å². The lowest BCUT2D eigenvalue weighted by Gasteiger charge is -2.17. The minimum absolute atomic E-state index is 0.0636. The Morgan fingerprint density at radius 3 is 2.82 bits per heavy atom. The number of methoxy groups -OCH3 is 1. The van der Waals surface area contributed by atoms with Crippen LogP contribution in [0.3, 0.4) is 0 Å². The maximum atomic E-state index is 12.2. The molecule has 0 fully saturated rings. The number of hydrogen-bond acceptors (Lipinski definition) is 7. The molecule has 0 radical (unpaired) electrons. The highest BCUT2D eigenvalue weighted by Gasteiger charge is 2.12. The second-order valence-corrected chi connectivity index (χ2v) is 7.68. The summed E-state index contributed by atoms with van der Waals surface area (Å²) in [5.74, 6) is 1.23. The summed E-state index contributed by atoms with van der Waals surface area (Å²) in [4.78, 5) is 13.9. The molecule has 1 amide bonds. The van der Waals surface area contributed by atoms with E-state index in [4.69, 9.17) is 4.74 Å². The third-order valence-corrected chi connectivity index (χ3v) is 5.88. The standard InChI is InChI=1S/C14H17N3O2S3/c1-17(8-10-5-4-6-11(7-10)19-2)12(18)9-21-14-16-15-13(20-3)22-14/h4-7H,8-9H2,1-3H3. The number of hydrogen-bond donors (Lipinski definition) is 0. The summed E-state index contributed by atoms with van der Waals surface area (Å²) in [5, 5.41) is 8.06. The lowest BCUT2D eigenvalue weighted by atomic mass is 10.2. The van der Waals surface area contributed by atoms with Crippen LogP contribution in [0.1, 0.15) is 5.56 Å². The van der Waals surface area contributed by atoms with Gasteiger partial charge in [0.25, 0.3) is 0 Å². The monoisotopic (exact) mass is 355 g/mol. The second kappa shape index (κ2) is 8.40. The fraction of sp³-hybridized carbons (Fsp3) is 0.357. The number of carbonyl (C=O) groups is 1. The van der Waals surface area contributed by atoms with Crippen LogP contribution in [0.5, 0.6) is 5.75 Å². The molecule has 0 aliphatic rings. The van der Waals surface area contributed by atoms with Crippen molar-refractivity contribution in [2.45, 2.75) is 15.2 Å². The van der Waals surface area contributed by atoms with Gasteiger partial charge in [-0.05, 0) is 24.0 Å². The van der Waals surface area contributed by atoms with E-state index in [1.165, 1.54) is 23.1 Å². The number of aromatic nitrogens is 2. The van der Waals surface area contributed by atoms with E-state index in [-0.39, 0.29) is 5.91 Å². The molecule has 0 N–H and O–H groups in total. The van der Waals surface area contributed by atoms with Gasteiger partial charge >= 0.3 is 0 Å². The number of ether oxygens (including phenoxy) is 1. The highest BCUT2D eigenvalue weighted by molar-refractivity contribution is 8.03. The van der Waals surface area contributed by atoms with Crippen LogP contribution in [0.2, 0.25) is 0 Å². The molecular formula is C14H17N3O2S3. The van der Waals surface area contributed by atoms with E-state index >= 15 is 0 Å². The van der Waals surface area contributed by atoms with Crippen molar-refractivity contribution in [1.29, 1.82) is 0 Å². The number of thioether (sulfide) groups is 2. The molecule has 118 valence electrons. The first-order valence-electron chi connectivity index (χ1n) is 6.49. The van der Waals surface area contributed by atoms with E-state index in [1.807, 2.05) is 30.5 Å². The van der Waals surface area contributed by atoms with Crippen molar-refractivity contribution in [3.8, 4) is 5.75 Å². The maximum Gasteiger partial charge on any atom is 0.233 e. The summed E-state index contributed by atoms with van der Waals surface area (Å²) in [6.45, 7) is 0.558. The van der Waals surface area contributed by atoms with Crippen LogP contribution in [0.25, 0.3) is 0 Å². The van der Waals surface area contributed by atoms with Crippen molar-refractivity contribution < 1.29 is 9.53 Å². The Bertz CT molecular complexity index is 633. The summed E-state index contributed by atoms with van der Waals surface area (Å²) in [6, 6.07) is 7.73. The molecule has 1 aromatic heterocycles. The van der Waals surface area contributed by atoms with E-state index in [0.717, 1.165) is 20.0 Å². The van der Waals surface area contributed by atoms with E-state index in [0.29, 0.717) is 12.3 Å². The van der Waals surface area contributed by atoms with E-state index in [2.05, 4.69) is 10.2 Å². The minimum atomic E-state index is 0.0636. The molecule has 1 heterocycles. The molecule has 0 aliphatic heterocycles. The molecule has 22 heavy (non-hydrogen) atoms. The molecule has 0 atom stereocenters. The zero-order valence-corrected chi connectivity index (χ0v) is 15.1. The van der Waals surface area contributed by atoms with Gasteiger partial charge in [0.1, 0.15) is 5.75 Å². The Kier molecular flexibility index (Phi) is 6.53. The van der Waals surface area contributed by atoms with Gasteiger partial charge in [-0.15, -0.1) is 10.2 Å². The molecule has 0 saturated carbocycles. The van der Waals surface area contributed by atoms with Crippen LogP contribution in [0.15, 0.2) is 32.9 Å². The van der Waals surface area contributed by atoms with Crippen LogP contribution < -0.4 is 4.74 Å². The quantitative estimate of drug-likeness (QED) is 0.712. The van der Waals surface area contributed by atoms with Crippen molar-refractivity contribution in [2.24, 2.45) is 0 Å². The first-order chi connectivity index (χ1) is 10.6. The average molecular weight is 356 g/mol. The van der Waals surface area contributed by atoms with Crippen molar-refractivity contribution in [3.63, 3.8) is 0 Å². The van der Waals surface area contributed by atoms with Crippen molar-refractivity contribution in [2.75, 3.05) is 26.2 Å². The van der Waals surface area contributed by atoms with Crippen LogP contribution in [-0.2, 0) is 11.3 Å². The fourth-order valence-electron chi connectivity index (χ4n) is 1.70. The Morgan fingerprint density at radius 1 is 1.36 bits per heavy atom. The zero-order valence-electron chi connectivity index (χ0n) is 12.6. The number of rotatable bonds is 7. The third-order valence-electron chi connectivity index (χ3n) is 2.86. The van der Waals surface area contributed by atoms with Crippen LogP contribution in [-0.4, -0.2) is 47.2 Å². The van der Waals surface area contributed by atoms with Gasteiger partial charge in [0.2, 0.25) is 5.91 Å². The molecule has 5 nitrogen and oxygen atoms in total. The van der Waals surface area contributed by atoms with E-state index in [9.17, 15) is 4.79 Å². The second-order valence-electron chi connectivity index (χ2n) is 4.43. The first-order valence-corrected chi connectivity index (χ1v) is 9.52. The lowest BCUT2D eigenvalue weighted by molar-refractivity contribution is -0.127. The largest absolute Gasteiger partial charge is 0.497 e. The summed E-state index contributed by atoms with van der Waals surface area (Å²) in [7, 11) is 3.44. The van der Waals surface area contributed by atoms with Crippen molar-refractivity contribution >= 4 is 40.8 Å². The van der Waals surface area contributed by atoms with Gasteiger partial charge in [0.15, 0.2) is 8.68 Å². The number of carbonyl (C=O) groups excluding carboxylic acids is 1. The molecule has 1 aromatic carbocycles. The summed E-state index contributed by atoms with van der Waals surface area (Å²) < 4.78 is 6.93. The summed E-state index contributed by atoms with van der Waals surface area (Å²) >= 11 is 4.50. The zero-order chi connectivity index (χ0) is 15.9. The highest BCUT2D eigenvalue weighted by Crippen LogP contribution is 2.27. The fourth-order valence-corrected chi connectivity index (χ4v) is 4.08. The van der Waals surface area contributed by atoms with Crippen molar-refractivity contribution in [3.05, 3.63) is 29.8 Å². The lowest BCUT2D eigenvalue weighted by Crippen LogP contribution is -2.27. The summed E-state index contributed by atoms with van der Waals surface area (Å²) in [5.41, 5.74) is 1.04. The predicted octanol–water partition coefficient (Wildman–Crippen LogP) is 3.02. The number of amides is 1. The third kappa shape index (κ3) is 4.89. The molecule has 0 unspecified atom stereocenters. The molecule has 8 heteroatoms. The Morgan fingerprint density at radius 2 is 2.14 bits per heavy atom. The Hall–Kier alpha value is -1.25. The molecular weight excluding hydrogens is 338 g/mol. The van der Waals surface area contributed by atoms with E-state index in [1.54, 1.807) is 30.8 Å². The molecule has 0 aliphatic carbocycles. The van der Waals surface area contributed by atoms with Crippen molar-refractivity contribution in [1.82, 2.24) is 15.1 Å². The minimum Gasteiger partial charge on any atom is -0.497 e. The van der Waals surface area contributed by atoms with Gasteiger partial charge in [-0.3, -0.25) is 4.79 Å².